The van der Waals surface area contributed by atoms with Crippen LogP contribution in [0.15, 0.2) is 43.0 Å². The number of fused-ring (bicyclic) bond motifs is 1. The van der Waals surface area contributed by atoms with Crippen molar-refractivity contribution in [1.29, 1.82) is 0 Å². The number of hydrogen-bond acceptors (Lipinski definition) is 6. The molecule has 1 N–H and O–H groups in total. The Hall–Kier alpha value is -2.71. The highest BCUT2D eigenvalue weighted by atomic mass is 16.6. The van der Waals surface area contributed by atoms with Gasteiger partial charge in [-0.1, -0.05) is 57.2 Å². The normalized spacial score (nSPS) is 32.4. The van der Waals surface area contributed by atoms with Gasteiger partial charge in [0, 0.05) is 13.1 Å². The van der Waals surface area contributed by atoms with Crippen LogP contribution in [-0.2, 0) is 30.4 Å². The number of carbonyl (C=O) groups is 3. The highest BCUT2D eigenvalue weighted by Gasteiger charge is 2.80. The number of esters is 1. The highest BCUT2D eigenvalue weighted by molar-refractivity contribution is 5.98. The lowest BCUT2D eigenvalue weighted by molar-refractivity contribution is -0.163. The van der Waals surface area contributed by atoms with Crippen molar-refractivity contribution in [2.24, 2.45) is 23.7 Å². The molecule has 3 unspecified atom stereocenters. The van der Waals surface area contributed by atoms with Crippen LogP contribution in [0.2, 0.25) is 0 Å². The van der Waals surface area contributed by atoms with Crippen LogP contribution in [0.3, 0.4) is 0 Å². The van der Waals surface area contributed by atoms with Crippen LogP contribution in [0, 0.1) is 23.7 Å². The number of carbonyl (C=O) groups excluding carboxylic acids is 3. The first kappa shape index (κ1) is 28.3. The van der Waals surface area contributed by atoms with E-state index in [0.717, 1.165) is 5.56 Å². The van der Waals surface area contributed by atoms with E-state index in [2.05, 4.69) is 6.58 Å². The van der Waals surface area contributed by atoms with Crippen LogP contribution in [-0.4, -0.2) is 75.7 Å². The van der Waals surface area contributed by atoms with Gasteiger partial charge in [-0.3, -0.25) is 14.4 Å². The zero-order valence-electron chi connectivity index (χ0n) is 23.3. The van der Waals surface area contributed by atoms with Crippen LogP contribution in [0.25, 0.3) is 0 Å². The first-order chi connectivity index (χ1) is 18.0. The monoisotopic (exact) mass is 526 g/mol. The average molecular weight is 527 g/mol. The molecular weight excluding hydrogens is 484 g/mol. The third-order valence-electron chi connectivity index (χ3n) is 8.75. The molecule has 38 heavy (non-hydrogen) atoms. The quantitative estimate of drug-likeness (QED) is 0.352. The second-order valence-electron chi connectivity index (χ2n) is 11.7. The summed E-state index contributed by atoms with van der Waals surface area (Å²) in [6, 6.07) is 8.12. The number of benzene rings is 1. The summed E-state index contributed by atoms with van der Waals surface area (Å²) in [4.78, 5) is 45.4. The molecule has 4 rings (SSSR count). The molecule has 208 valence electrons. The van der Waals surface area contributed by atoms with E-state index >= 15 is 0 Å². The van der Waals surface area contributed by atoms with Gasteiger partial charge in [0.1, 0.15) is 17.6 Å². The largest absolute Gasteiger partial charge is 0.466 e. The second kappa shape index (κ2) is 10.8. The van der Waals surface area contributed by atoms with E-state index in [-0.39, 0.29) is 43.4 Å². The van der Waals surface area contributed by atoms with Crippen molar-refractivity contribution in [2.45, 2.75) is 77.3 Å². The minimum Gasteiger partial charge on any atom is -0.466 e. The van der Waals surface area contributed by atoms with Crippen molar-refractivity contribution in [1.82, 2.24) is 9.80 Å². The Kier molecular flexibility index (Phi) is 8.05. The molecule has 2 bridgehead atoms. The van der Waals surface area contributed by atoms with E-state index in [1.54, 1.807) is 22.8 Å². The average Bonchev–Trinajstić information content (AvgIpc) is 3.39. The molecule has 3 saturated heterocycles. The Labute approximate surface area is 226 Å². The molecule has 0 saturated carbocycles. The van der Waals surface area contributed by atoms with Gasteiger partial charge in [0.25, 0.3) is 0 Å². The van der Waals surface area contributed by atoms with Crippen LogP contribution < -0.4 is 0 Å². The molecule has 2 amide bonds. The predicted octanol–water partition coefficient (Wildman–Crippen LogP) is 3.18. The van der Waals surface area contributed by atoms with Gasteiger partial charge < -0.3 is 24.4 Å². The molecule has 8 nitrogen and oxygen atoms in total. The third-order valence-corrected chi connectivity index (χ3v) is 8.75. The summed E-state index contributed by atoms with van der Waals surface area (Å²) in [6.45, 7) is 14.1. The molecule has 3 heterocycles. The molecule has 1 aromatic carbocycles. The number of likely N-dealkylation sites (tertiary alicyclic amines) is 1. The van der Waals surface area contributed by atoms with Gasteiger partial charge in [-0.2, -0.15) is 0 Å². The molecule has 7 atom stereocenters. The van der Waals surface area contributed by atoms with E-state index in [1.807, 2.05) is 58.0 Å². The number of rotatable bonds is 11. The number of ether oxygens (including phenoxy) is 2. The molecule has 1 spiro atoms. The minimum atomic E-state index is -1.18. The molecule has 0 radical (unpaired) electrons. The smallest absolute Gasteiger partial charge is 0.312 e. The zero-order chi connectivity index (χ0) is 27.8. The summed E-state index contributed by atoms with van der Waals surface area (Å²) >= 11 is 0. The number of amides is 2. The van der Waals surface area contributed by atoms with Crippen LogP contribution in [0.4, 0.5) is 0 Å². The minimum absolute atomic E-state index is 0.0733. The van der Waals surface area contributed by atoms with E-state index in [1.165, 1.54) is 0 Å². The Bertz CT molecular complexity index is 1060. The molecule has 1 aromatic rings. The molecule has 3 aliphatic rings. The van der Waals surface area contributed by atoms with Gasteiger partial charge in [0.15, 0.2) is 0 Å². The van der Waals surface area contributed by atoms with Crippen LogP contribution in [0.1, 0.15) is 53.0 Å². The Morgan fingerprint density at radius 3 is 2.58 bits per heavy atom. The maximum absolute atomic E-state index is 14.5. The molecule has 3 aliphatic heterocycles. The lowest BCUT2D eigenvalue weighted by Gasteiger charge is -2.40. The number of hydrogen-bond donors (Lipinski definition) is 1. The first-order valence-corrected chi connectivity index (χ1v) is 13.8. The van der Waals surface area contributed by atoms with Crippen LogP contribution >= 0.6 is 0 Å². The van der Waals surface area contributed by atoms with E-state index in [0.29, 0.717) is 19.4 Å². The summed E-state index contributed by atoms with van der Waals surface area (Å²) in [5, 5.41) is 10.5. The van der Waals surface area contributed by atoms with Gasteiger partial charge >= 0.3 is 5.97 Å². The summed E-state index contributed by atoms with van der Waals surface area (Å²) in [5.74, 6) is -2.60. The Balaban J connectivity index is 1.83. The Morgan fingerprint density at radius 1 is 1.32 bits per heavy atom. The predicted molar refractivity (Wildman–Crippen MR) is 143 cm³/mol. The van der Waals surface area contributed by atoms with Crippen molar-refractivity contribution in [3.63, 3.8) is 0 Å². The highest BCUT2D eigenvalue weighted by Crippen LogP contribution is 2.65. The van der Waals surface area contributed by atoms with Crippen molar-refractivity contribution in [3.8, 4) is 0 Å². The summed E-state index contributed by atoms with van der Waals surface area (Å²) < 4.78 is 12.2. The van der Waals surface area contributed by atoms with Gasteiger partial charge in [-0.05, 0) is 44.1 Å². The van der Waals surface area contributed by atoms with Gasteiger partial charge in [0.05, 0.1) is 30.8 Å². The standard InChI is InChI=1S/C30H42N2O6/c1-7-14-31(17-21-12-10-9-11-13-21)27(35)25-30-16-20(5)29(6,38-30)24(28(36)37-8-2)23(30)26(34)32(25)22(18-33)15-19(3)4/h7,9-13,19-20,22-25,33H,1,8,14-18H2,2-6H3/t20?,22-,23+,24-,25?,29+,30?/m1/s1. The number of nitrogens with zero attached hydrogens (tertiary/aromatic N) is 2. The van der Waals surface area contributed by atoms with Gasteiger partial charge in [-0.15, -0.1) is 6.58 Å². The fraction of sp³-hybridized carbons (Fsp3) is 0.633. The molecule has 0 aliphatic carbocycles. The number of aliphatic hydroxyl groups is 1. The fourth-order valence-corrected chi connectivity index (χ4v) is 7.12. The lowest BCUT2D eigenvalue weighted by Crippen LogP contribution is -2.59. The topological polar surface area (TPSA) is 96.4 Å². The van der Waals surface area contributed by atoms with Crippen molar-refractivity contribution < 1.29 is 29.0 Å². The summed E-state index contributed by atoms with van der Waals surface area (Å²) in [6.07, 6.45) is 2.66. The zero-order valence-corrected chi connectivity index (χ0v) is 23.3. The Morgan fingerprint density at radius 2 is 2.00 bits per heavy atom. The van der Waals surface area contributed by atoms with Crippen molar-refractivity contribution in [3.05, 3.63) is 48.6 Å². The van der Waals surface area contributed by atoms with Gasteiger partial charge in [0.2, 0.25) is 11.8 Å². The van der Waals surface area contributed by atoms with Crippen molar-refractivity contribution in [2.75, 3.05) is 19.8 Å². The lowest BCUT2D eigenvalue weighted by atomic mass is 9.62. The van der Waals surface area contributed by atoms with E-state index in [9.17, 15) is 19.5 Å². The van der Waals surface area contributed by atoms with Crippen LogP contribution in [0.5, 0.6) is 0 Å². The maximum Gasteiger partial charge on any atom is 0.312 e. The molecule has 0 aromatic heterocycles. The fourth-order valence-electron chi connectivity index (χ4n) is 7.12. The first-order valence-electron chi connectivity index (χ1n) is 13.8. The van der Waals surface area contributed by atoms with E-state index in [4.69, 9.17) is 9.47 Å². The SMILES string of the molecule is C=CCN(Cc1ccccc1)C(=O)C1N([C@@H](CO)CC(C)C)C(=O)[C@@H]2[C@H](C(=O)OCC)[C@@]3(C)OC12CC3C. The molecule has 8 heteroatoms. The van der Waals surface area contributed by atoms with Crippen molar-refractivity contribution >= 4 is 17.8 Å². The molecular formula is C30H42N2O6. The van der Waals surface area contributed by atoms with Gasteiger partial charge in [-0.25, -0.2) is 0 Å². The third kappa shape index (κ3) is 4.45. The molecule has 3 fully saturated rings. The summed E-state index contributed by atoms with van der Waals surface area (Å²) in [5.41, 5.74) is -1.15. The summed E-state index contributed by atoms with van der Waals surface area (Å²) in [7, 11) is 0. The number of aliphatic hydroxyl groups excluding tert-OH is 1. The second-order valence-corrected chi connectivity index (χ2v) is 11.7. The van der Waals surface area contributed by atoms with E-state index < -0.39 is 41.1 Å². The maximum atomic E-state index is 14.5.